The Morgan fingerprint density at radius 1 is 0.882 bits per heavy atom. The Hall–Kier alpha value is -0.400. The highest BCUT2D eigenvalue weighted by molar-refractivity contribution is 7.81. The van der Waals surface area contributed by atoms with Crippen molar-refractivity contribution in [3.8, 4) is 0 Å². The van der Waals surface area contributed by atoms with Gasteiger partial charge in [-0.3, -0.25) is 9.59 Å². The van der Waals surface area contributed by atoms with Crippen molar-refractivity contribution in [3.63, 3.8) is 0 Å². The van der Waals surface area contributed by atoms with E-state index >= 15 is 0 Å². The normalized spacial score (nSPS) is 13.9. The van der Waals surface area contributed by atoms with Crippen LogP contribution >= 0.6 is 25.3 Å². The van der Waals surface area contributed by atoms with Crippen LogP contribution in [0.3, 0.4) is 0 Å². The highest BCUT2D eigenvalue weighted by Gasteiger charge is 2.09. The van der Waals surface area contributed by atoms with Crippen LogP contribution in [-0.2, 0) is 23.8 Å². The van der Waals surface area contributed by atoms with Gasteiger partial charge in [-0.15, -0.1) is 0 Å². The number of carbonyl (C=O) groups excluding carboxylic acids is 2. The minimum absolute atomic E-state index is 0.167. The van der Waals surface area contributed by atoms with Crippen LogP contribution in [0.5, 0.6) is 0 Å². The Balaban J connectivity index is 3.30. The third-order valence-corrected chi connectivity index (χ3v) is 2.05. The maximum absolute atomic E-state index is 11.0. The summed E-state index contributed by atoms with van der Waals surface area (Å²) in [4.78, 5) is 21.9. The van der Waals surface area contributed by atoms with Gasteiger partial charge < -0.3 is 14.2 Å². The number of carbonyl (C=O) groups is 2. The summed E-state index contributed by atoms with van der Waals surface area (Å²) in [6.45, 7) is 4.12. The van der Waals surface area contributed by atoms with Gasteiger partial charge in [0.05, 0.1) is 23.7 Å². The average Bonchev–Trinajstić information content (AvgIpc) is 2.26. The average molecular weight is 282 g/mol. The van der Waals surface area contributed by atoms with Crippen molar-refractivity contribution in [1.29, 1.82) is 0 Å². The number of hydrogen-bond donors (Lipinski definition) is 2. The van der Waals surface area contributed by atoms with Gasteiger partial charge in [-0.2, -0.15) is 25.3 Å². The molecule has 0 aliphatic heterocycles. The van der Waals surface area contributed by atoms with Gasteiger partial charge in [-0.05, 0) is 13.8 Å². The summed E-state index contributed by atoms with van der Waals surface area (Å²) < 4.78 is 14.7. The van der Waals surface area contributed by atoms with Gasteiger partial charge in [-0.25, -0.2) is 0 Å². The molecule has 0 amide bonds. The molecule has 5 nitrogen and oxygen atoms in total. The smallest absolute Gasteiger partial charge is 0.318 e. The molecule has 0 saturated heterocycles. The lowest BCUT2D eigenvalue weighted by atomic mass is 10.5. The molecule has 0 aliphatic rings. The first-order chi connectivity index (χ1) is 7.95. The molecule has 0 aromatic heterocycles. The minimum Gasteiger partial charge on any atom is -0.462 e. The summed E-state index contributed by atoms with van der Waals surface area (Å²) in [6, 6.07) is 0. The molecule has 0 N–H and O–H groups in total. The monoisotopic (exact) mass is 282 g/mol. The molecular formula is C10H18O5S2. The first-order valence-electron chi connectivity index (χ1n) is 5.22. The predicted octanol–water partition coefficient (Wildman–Crippen LogP) is 0.726. The second kappa shape index (κ2) is 9.61. The van der Waals surface area contributed by atoms with E-state index in [4.69, 9.17) is 14.2 Å². The Bertz CT molecular complexity index is 219. The van der Waals surface area contributed by atoms with Gasteiger partial charge in [0.25, 0.3) is 0 Å². The van der Waals surface area contributed by atoms with Gasteiger partial charge >= 0.3 is 11.9 Å². The second-order valence-electron chi connectivity index (χ2n) is 3.30. The van der Waals surface area contributed by atoms with Gasteiger partial charge in [-0.1, -0.05) is 0 Å². The molecule has 0 fully saturated rings. The van der Waals surface area contributed by atoms with E-state index in [0.717, 1.165) is 0 Å². The quantitative estimate of drug-likeness (QED) is 0.390. The van der Waals surface area contributed by atoms with Crippen LogP contribution < -0.4 is 0 Å². The highest BCUT2D eigenvalue weighted by atomic mass is 32.1. The Morgan fingerprint density at radius 2 is 1.24 bits per heavy atom. The lowest BCUT2D eigenvalue weighted by molar-refractivity contribution is -0.145. The fourth-order valence-electron chi connectivity index (χ4n) is 0.746. The summed E-state index contributed by atoms with van der Waals surface area (Å²) in [5, 5.41) is -0.874. The van der Waals surface area contributed by atoms with E-state index in [-0.39, 0.29) is 38.4 Å². The van der Waals surface area contributed by atoms with Gasteiger partial charge in [0.1, 0.15) is 13.2 Å². The van der Waals surface area contributed by atoms with E-state index < -0.39 is 10.5 Å². The second-order valence-corrected chi connectivity index (χ2v) is 4.85. The Kier molecular flexibility index (Phi) is 9.39. The summed E-state index contributed by atoms with van der Waals surface area (Å²) in [5.74, 6) is -0.764. The zero-order valence-corrected chi connectivity index (χ0v) is 11.7. The molecule has 100 valence electrons. The van der Waals surface area contributed by atoms with E-state index in [0.29, 0.717) is 0 Å². The molecule has 0 saturated carbocycles. The maximum atomic E-state index is 11.0. The first-order valence-corrected chi connectivity index (χ1v) is 6.25. The molecule has 7 heteroatoms. The van der Waals surface area contributed by atoms with Crippen LogP contribution in [0.4, 0.5) is 0 Å². The standard InChI is InChI=1S/C10H18O5S2/c1-7(16)9(11)14-5-3-13-4-6-15-10(12)8(2)17/h7-8,16-17H,3-6H2,1-2H3. The predicted molar refractivity (Wildman–Crippen MR) is 69.6 cm³/mol. The number of hydrogen-bond acceptors (Lipinski definition) is 7. The van der Waals surface area contributed by atoms with Crippen molar-refractivity contribution >= 4 is 37.2 Å². The molecule has 0 rings (SSSR count). The minimum atomic E-state index is -0.437. The molecule has 2 atom stereocenters. The van der Waals surface area contributed by atoms with E-state index in [1.807, 2.05) is 0 Å². The lowest BCUT2D eigenvalue weighted by Gasteiger charge is -2.08. The molecule has 0 bridgehead atoms. The summed E-state index contributed by atoms with van der Waals surface area (Å²) in [6.07, 6.45) is 0. The van der Waals surface area contributed by atoms with Crippen LogP contribution in [-0.4, -0.2) is 48.9 Å². The topological polar surface area (TPSA) is 61.8 Å². The SMILES string of the molecule is CC(S)C(=O)OCCOCCOC(=O)C(C)S. The largest absolute Gasteiger partial charge is 0.462 e. The van der Waals surface area contributed by atoms with Gasteiger partial charge in [0, 0.05) is 0 Å². The Morgan fingerprint density at radius 3 is 1.53 bits per heavy atom. The molecule has 0 heterocycles. The van der Waals surface area contributed by atoms with Crippen LogP contribution in [0.2, 0.25) is 0 Å². The van der Waals surface area contributed by atoms with Crippen molar-refractivity contribution in [2.75, 3.05) is 26.4 Å². The van der Waals surface area contributed by atoms with Crippen molar-refractivity contribution in [3.05, 3.63) is 0 Å². The number of esters is 2. The third kappa shape index (κ3) is 9.31. The molecular weight excluding hydrogens is 264 g/mol. The number of rotatable bonds is 8. The first kappa shape index (κ1) is 16.6. The maximum Gasteiger partial charge on any atom is 0.318 e. The number of thiol groups is 2. The van der Waals surface area contributed by atoms with E-state index in [2.05, 4.69) is 25.3 Å². The summed E-state index contributed by atoms with van der Waals surface area (Å²) >= 11 is 7.83. The number of ether oxygens (including phenoxy) is 3. The van der Waals surface area contributed by atoms with Gasteiger partial charge in [0.2, 0.25) is 0 Å². The van der Waals surface area contributed by atoms with E-state index in [1.54, 1.807) is 13.8 Å². The van der Waals surface area contributed by atoms with Crippen molar-refractivity contribution in [2.45, 2.75) is 24.3 Å². The van der Waals surface area contributed by atoms with Crippen LogP contribution in [0.1, 0.15) is 13.8 Å². The van der Waals surface area contributed by atoms with Crippen LogP contribution in [0.25, 0.3) is 0 Å². The zero-order valence-electron chi connectivity index (χ0n) is 9.92. The third-order valence-electron chi connectivity index (χ3n) is 1.63. The van der Waals surface area contributed by atoms with Crippen molar-refractivity contribution in [1.82, 2.24) is 0 Å². The summed E-state index contributed by atoms with van der Waals surface area (Å²) in [5.41, 5.74) is 0. The van der Waals surface area contributed by atoms with Crippen molar-refractivity contribution in [2.24, 2.45) is 0 Å². The molecule has 2 unspecified atom stereocenters. The molecule has 0 aliphatic carbocycles. The highest BCUT2D eigenvalue weighted by Crippen LogP contribution is 1.96. The Labute approximate surface area is 112 Å². The van der Waals surface area contributed by atoms with Crippen LogP contribution in [0.15, 0.2) is 0 Å². The van der Waals surface area contributed by atoms with Crippen molar-refractivity contribution < 1.29 is 23.8 Å². The molecule has 0 aromatic carbocycles. The molecule has 0 radical (unpaired) electrons. The molecule has 0 aromatic rings. The van der Waals surface area contributed by atoms with Gasteiger partial charge in [0.15, 0.2) is 0 Å². The fraction of sp³-hybridized carbons (Fsp3) is 0.800. The molecule has 0 spiro atoms. The molecule has 17 heavy (non-hydrogen) atoms. The fourth-order valence-corrected chi connectivity index (χ4v) is 0.895. The van der Waals surface area contributed by atoms with E-state index in [1.165, 1.54) is 0 Å². The zero-order chi connectivity index (χ0) is 13.3. The summed E-state index contributed by atoms with van der Waals surface area (Å²) in [7, 11) is 0. The lowest BCUT2D eigenvalue weighted by Crippen LogP contribution is -2.20. The van der Waals surface area contributed by atoms with Crippen LogP contribution in [0, 0.1) is 0 Å². The van der Waals surface area contributed by atoms with E-state index in [9.17, 15) is 9.59 Å².